The summed E-state index contributed by atoms with van der Waals surface area (Å²) in [5, 5.41) is 0. The fraction of sp³-hybridized carbons (Fsp3) is 0. The first-order valence-electron chi connectivity index (χ1n) is 2.39. The molecule has 0 N–H and O–H groups in total. The molecule has 0 amide bonds. The molecule has 0 heterocycles. The first-order valence-corrected chi connectivity index (χ1v) is 3.92. The lowest BCUT2D eigenvalue weighted by Crippen LogP contribution is -1.68. The van der Waals surface area contributed by atoms with Crippen LogP contribution in [0.15, 0.2) is 33.6 Å². The lowest BCUT2D eigenvalue weighted by atomic mass is 10.4. The third kappa shape index (κ3) is 1.71. The number of rotatable bonds is 1. The highest BCUT2D eigenvalue weighted by Crippen LogP contribution is 2.24. The van der Waals surface area contributed by atoms with Crippen LogP contribution in [0.2, 0.25) is 0 Å². The van der Waals surface area contributed by atoms with E-state index < -0.39 is 0 Å². The van der Waals surface area contributed by atoms with E-state index in [1.807, 2.05) is 18.2 Å². The van der Waals surface area contributed by atoms with Crippen LogP contribution < -0.4 is 0 Å². The Morgan fingerprint density at radius 2 is 2.00 bits per heavy atom. The maximum absolute atomic E-state index is 10.2. The van der Waals surface area contributed by atoms with Gasteiger partial charge in [0.1, 0.15) is 0 Å². The van der Waals surface area contributed by atoms with Crippen LogP contribution in [0, 0.1) is 0 Å². The van der Waals surface area contributed by atoms with E-state index in [0.29, 0.717) is 12.0 Å². The zero-order valence-electron chi connectivity index (χ0n) is 4.50. The molecular formula is C6H4BrOS. The van der Waals surface area contributed by atoms with Gasteiger partial charge in [0.2, 0.25) is 0 Å². The highest BCUT2D eigenvalue weighted by atomic mass is 79.9. The Balaban J connectivity index is 3.01. The van der Waals surface area contributed by atoms with Gasteiger partial charge < -0.3 is 0 Å². The van der Waals surface area contributed by atoms with E-state index in [1.54, 1.807) is 6.07 Å². The Hall–Kier alpha value is 0.01000. The highest BCUT2D eigenvalue weighted by Gasteiger charge is 1.95. The summed E-state index contributed by atoms with van der Waals surface area (Å²) in [5.74, 6) is 0. The Morgan fingerprint density at radius 3 is 2.44 bits per heavy atom. The minimum absolute atomic E-state index is 0.499. The lowest BCUT2D eigenvalue weighted by molar-refractivity contribution is 0.531. The quantitative estimate of drug-likeness (QED) is 0.644. The number of hydrogen-bond donors (Lipinski definition) is 0. The molecule has 0 spiro atoms. The van der Waals surface area contributed by atoms with Gasteiger partial charge in [0.25, 0.3) is 0 Å². The standard InChI is InChI=1S/C6H4BrOS/c7-5-3-1-2-4-6(5)9-8/h1-4H. The predicted molar refractivity (Wildman–Crippen MR) is 40.7 cm³/mol. The first kappa shape index (κ1) is 7.12. The molecule has 0 aliphatic carbocycles. The third-order valence-corrected chi connectivity index (χ3v) is 2.42. The number of halogens is 1. The van der Waals surface area contributed by atoms with E-state index >= 15 is 0 Å². The van der Waals surface area contributed by atoms with Gasteiger partial charge in [-0.3, -0.25) is 0 Å². The molecule has 47 valence electrons. The van der Waals surface area contributed by atoms with Crippen LogP contribution in [-0.2, 0) is 4.55 Å². The van der Waals surface area contributed by atoms with Crippen molar-refractivity contribution in [1.29, 1.82) is 0 Å². The largest absolute Gasteiger partial charge is 0.145 e. The van der Waals surface area contributed by atoms with Gasteiger partial charge in [-0.1, -0.05) is 12.1 Å². The van der Waals surface area contributed by atoms with Crippen LogP contribution in [0.1, 0.15) is 0 Å². The Morgan fingerprint density at radius 1 is 1.33 bits per heavy atom. The summed E-state index contributed by atoms with van der Waals surface area (Å²) in [7, 11) is 0. The van der Waals surface area contributed by atoms with Gasteiger partial charge in [0.15, 0.2) is 0 Å². The molecule has 0 atom stereocenters. The molecule has 1 nitrogen and oxygen atoms in total. The van der Waals surface area contributed by atoms with E-state index in [0.717, 1.165) is 9.37 Å². The van der Waals surface area contributed by atoms with E-state index in [2.05, 4.69) is 15.9 Å². The van der Waals surface area contributed by atoms with Crippen LogP contribution >= 0.6 is 28.0 Å². The molecule has 0 aliphatic rings. The smallest absolute Gasteiger partial charge is 0.0707 e. The molecule has 1 aromatic rings. The minimum atomic E-state index is 0.499. The van der Waals surface area contributed by atoms with Gasteiger partial charge >= 0.3 is 0 Å². The highest BCUT2D eigenvalue weighted by molar-refractivity contribution is 9.10. The van der Waals surface area contributed by atoms with Gasteiger partial charge in [-0.25, -0.2) is 0 Å². The maximum Gasteiger partial charge on any atom is 0.0707 e. The van der Waals surface area contributed by atoms with Crippen LogP contribution in [-0.4, -0.2) is 0 Å². The zero-order chi connectivity index (χ0) is 6.69. The SMILES string of the molecule is [O]Sc1ccccc1Br. The van der Waals surface area contributed by atoms with Crippen LogP contribution in [0.3, 0.4) is 0 Å². The number of benzene rings is 1. The maximum atomic E-state index is 10.2. The fourth-order valence-electron chi connectivity index (χ4n) is 0.512. The van der Waals surface area contributed by atoms with Crippen molar-refractivity contribution in [2.24, 2.45) is 0 Å². The molecule has 0 bridgehead atoms. The van der Waals surface area contributed by atoms with Gasteiger partial charge in [0, 0.05) is 4.47 Å². The van der Waals surface area contributed by atoms with Crippen molar-refractivity contribution in [2.45, 2.75) is 4.90 Å². The molecule has 1 radical (unpaired) electrons. The van der Waals surface area contributed by atoms with Gasteiger partial charge in [0.05, 0.1) is 16.9 Å². The zero-order valence-corrected chi connectivity index (χ0v) is 6.91. The molecule has 9 heavy (non-hydrogen) atoms. The average Bonchev–Trinajstić information content (AvgIpc) is 1.89. The summed E-state index contributed by atoms with van der Waals surface area (Å²) < 4.78 is 11.1. The van der Waals surface area contributed by atoms with E-state index in [4.69, 9.17) is 0 Å². The van der Waals surface area contributed by atoms with Crippen LogP contribution in [0.25, 0.3) is 0 Å². The molecule has 0 saturated carbocycles. The van der Waals surface area contributed by atoms with Crippen molar-refractivity contribution in [1.82, 2.24) is 0 Å². The molecular weight excluding hydrogens is 200 g/mol. The summed E-state index contributed by atoms with van der Waals surface area (Å²) in [5.41, 5.74) is 0. The summed E-state index contributed by atoms with van der Waals surface area (Å²) in [4.78, 5) is 0.734. The second kappa shape index (κ2) is 3.25. The van der Waals surface area contributed by atoms with Crippen molar-refractivity contribution in [3.05, 3.63) is 28.7 Å². The first-order chi connectivity index (χ1) is 4.34. The van der Waals surface area contributed by atoms with Gasteiger partial charge in [-0.2, -0.15) is 0 Å². The summed E-state index contributed by atoms with van der Waals surface area (Å²) in [6, 6.07) is 7.34. The molecule has 1 rings (SSSR count). The molecule has 0 aromatic heterocycles. The van der Waals surface area contributed by atoms with E-state index in [-0.39, 0.29) is 0 Å². The van der Waals surface area contributed by atoms with Gasteiger partial charge in [-0.05, 0) is 28.1 Å². The Kier molecular flexibility index (Phi) is 2.57. The van der Waals surface area contributed by atoms with Crippen molar-refractivity contribution in [3.63, 3.8) is 0 Å². The van der Waals surface area contributed by atoms with Crippen molar-refractivity contribution in [3.8, 4) is 0 Å². The third-order valence-electron chi connectivity index (χ3n) is 0.926. The lowest BCUT2D eigenvalue weighted by Gasteiger charge is -1.93. The number of hydrogen-bond acceptors (Lipinski definition) is 1. The monoisotopic (exact) mass is 203 g/mol. The topological polar surface area (TPSA) is 19.9 Å². The minimum Gasteiger partial charge on any atom is -0.145 e. The Labute approximate surface area is 66.4 Å². The van der Waals surface area contributed by atoms with Crippen LogP contribution in [0.4, 0.5) is 0 Å². The molecule has 1 aromatic carbocycles. The summed E-state index contributed by atoms with van der Waals surface area (Å²) >= 11 is 3.73. The van der Waals surface area contributed by atoms with Crippen molar-refractivity contribution >= 4 is 28.0 Å². The van der Waals surface area contributed by atoms with E-state index in [1.165, 1.54) is 0 Å². The fourth-order valence-corrected chi connectivity index (χ4v) is 1.28. The van der Waals surface area contributed by atoms with Crippen LogP contribution in [0.5, 0.6) is 0 Å². The second-order valence-corrected chi connectivity index (χ2v) is 2.97. The normalized spacial score (nSPS) is 9.56. The molecule has 0 aliphatic heterocycles. The average molecular weight is 204 g/mol. The summed E-state index contributed by atoms with van der Waals surface area (Å²) in [6.07, 6.45) is 0. The molecule has 3 heteroatoms. The Bertz CT molecular complexity index is 202. The predicted octanol–water partition coefficient (Wildman–Crippen LogP) is 2.89. The van der Waals surface area contributed by atoms with Crippen molar-refractivity contribution < 1.29 is 4.55 Å². The molecule has 0 saturated heterocycles. The second-order valence-electron chi connectivity index (χ2n) is 1.51. The van der Waals surface area contributed by atoms with Gasteiger partial charge in [-0.15, -0.1) is 4.55 Å². The van der Waals surface area contributed by atoms with Crippen molar-refractivity contribution in [2.75, 3.05) is 0 Å². The molecule has 0 unspecified atom stereocenters. The summed E-state index contributed by atoms with van der Waals surface area (Å²) in [6.45, 7) is 0. The molecule has 0 fully saturated rings. The van der Waals surface area contributed by atoms with E-state index in [9.17, 15) is 4.55 Å².